The molecule has 0 N–H and O–H groups in total. The molecule has 0 bridgehead atoms. The summed E-state index contributed by atoms with van der Waals surface area (Å²) >= 11 is 0. The number of aromatic nitrogens is 2. The number of hydrogen-bond acceptors (Lipinski definition) is 3. The highest BCUT2D eigenvalue weighted by Crippen LogP contribution is 2.20. The van der Waals surface area contributed by atoms with Gasteiger partial charge >= 0.3 is 0 Å². The Kier molecular flexibility index (Phi) is 8.89. The van der Waals surface area contributed by atoms with E-state index in [9.17, 15) is 0 Å². The predicted octanol–water partition coefficient (Wildman–Crippen LogP) is 7.19. The predicted molar refractivity (Wildman–Crippen MR) is 125 cm³/mol. The molecule has 0 spiro atoms. The van der Waals surface area contributed by atoms with Crippen LogP contribution in [0.5, 0.6) is 5.88 Å². The molecule has 1 aromatic heterocycles. The van der Waals surface area contributed by atoms with E-state index in [2.05, 4.69) is 72.3 Å². The fraction of sp³-hybridized carbons (Fsp3) is 0.407. The molecule has 0 saturated carbocycles. The first-order valence-corrected chi connectivity index (χ1v) is 11.4. The highest BCUT2D eigenvalue weighted by molar-refractivity contribution is 5.58. The Balaban J connectivity index is 1.49. The van der Waals surface area contributed by atoms with E-state index < -0.39 is 0 Å². The summed E-state index contributed by atoms with van der Waals surface area (Å²) in [6, 6.07) is 17.3. The Morgan fingerprint density at radius 1 is 0.633 bits per heavy atom. The second kappa shape index (κ2) is 12.1. The summed E-state index contributed by atoms with van der Waals surface area (Å²) in [6.45, 7) is 4.98. The van der Waals surface area contributed by atoms with E-state index in [1.54, 1.807) is 12.4 Å². The maximum Gasteiger partial charge on any atom is 0.232 e. The summed E-state index contributed by atoms with van der Waals surface area (Å²) in [5.74, 6) is 0.557. The van der Waals surface area contributed by atoms with Gasteiger partial charge in [0.25, 0.3) is 0 Å². The molecule has 0 unspecified atom stereocenters. The smallest absolute Gasteiger partial charge is 0.232 e. The first-order valence-electron chi connectivity index (χ1n) is 11.4. The Morgan fingerprint density at radius 2 is 1.27 bits per heavy atom. The summed E-state index contributed by atoms with van der Waals surface area (Å²) in [6.07, 6.45) is 13.4. The second-order valence-electron chi connectivity index (χ2n) is 7.96. The molecule has 2 aromatic carbocycles. The lowest BCUT2D eigenvalue weighted by Crippen LogP contribution is -1.98. The average molecular weight is 403 g/mol. The Hall–Kier alpha value is -2.68. The molecule has 30 heavy (non-hydrogen) atoms. The maximum absolute atomic E-state index is 5.81. The van der Waals surface area contributed by atoms with Crippen LogP contribution >= 0.6 is 0 Å². The highest BCUT2D eigenvalue weighted by atomic mass is 16.5. The van der Waals surface area contributed by atoms with Crippen LogP contribution in [0, 0.1) is 0 Å². The number of hydrogen-bond donors (Lipinski definition) is 0. The first kappa shape index (κ1) is 22.0. The van der Waals surface area contributed by atoms with E-state index in [4.69, 9.17) is 4.74 Å². The third kappa shape index (κ3) is 6.98. The monoisotopic (exact) mass is 402 g/mol. The van der Waals surface area contributed by atoms with Crippen molar-refractivity contribution in [2.45, 2.75) is 71.8 Å². The molecule has 3 heteroatoms. The summed E-state index contributed by atoms with van der Waals surface area (Å²) in [7, 11) is 0. The van der Waals surface area contributed by atoms with Crippen LogP contribution < -0.4 is 4.74 Å². The van der Waals surface area contributed by atoms with Gasteiger partial charge in [-0.1, -0.05) is 88.1 Å². The van der Waals surface area contributed by atoms with Gasteiger partial charge in [0, 0.05) is 5.56 Å². The molecule has 3 rings (SSSR count). The fourth-order valence-corrected chi connectivity index (χ4v) is 3.48. The lowest BCUT2D eigenvalue weighted by Gasteiger charge is -2.08. The number of aryl methyl sites for hydroxylation is 2. The molecule has 1 heterocycles. The van der Waals surface area contributed by atoms with E-state index >= 15 is 0 Å². The van der Waals surface area contributed by atoms with Gasteiger partial charge in [-0.15, -0.1) is 0 Å². The normalized spacial score (nSPS) is 10.9. The van der Waals surface area contributed by atoms with Gasteiger partial charge in [0.1, 0.15) is 6.61 Å². The standard InChI is InChI=1S/C27H34N2O/c1-3-5-7-8-10-23-15-17-25(18-16-23)26-19-29-27(20-28-26)30-21-24-13-11-22(12-14-24)9-6-4-2/h11-20H,3-10,21H2,1-2H3. The number of rotatable bonds is 12. The van der Waals surface area contributed by atoms with E-state index in [1.165, 1.54) is 49.7 Å². The van der Waals surface area contributed by atoms with Crippen molar-refractivity contribution in [2.75, 3.05) is 0 Å². The van der Waals surface area contributed by atoms with Crippen molar-refractivity contribution < 1.29 is 4.74 Å². The lowest BCUT2D eigenvalue weighted by molar-refractivity contribution is 0.292. The van der Waals surface area contributed by atoms with Gasteiger partial charge in [0.05, 0.1) is 18.1 Å². The molecule has 0 radical (unpaired) electrons. The highest BCUT2D eigenvalue weighted by Gasteiger charge is 2.03. The van der Waals surface area contributed by atoms with Crippen LogP contribution in [0.3, 0.4) is 0 Å². The van der Waals surface area contributed by atoms with Crippen LogP contribution in [-0.4, -0.2) is 9.97 Å². The molecule has 0 aliphatic heterocycles. The zero-order chi connectivity index (χ0) is 21.0. The second-order valence-corrected chi connectivity index (χ2v) is 7.96. The zero-order valence-corrected chi connectivity index (χ0v) is 18.4. The molecular formula is C27H34N2O. The van der Waals surface area contributed by atoms with Gasteiger partial charge in [-0.2, -0.15) is 0 Å². The third-order valence-electron chi connectivity index (χ3n) is 5.43. The van der Waals surface area contributed by atoms with Crippen molar-refractivity contribution in [1.29, 1.82) is 0 Å². The molecule has 3 nitrogen and oxygen atoms in total. The largest absolute Gasteiger partial charge is 0.472 e. The number of ether oxygens (including phenoxy) is 1. The van der Waals surface area contributed by atoms with Gasteiger partial charge in [-0.3, -0.25) is 0 Å². The minimum absolute atomic E-state index is 0.509. The number of unbranched alkanes of at least 4 members (excludes halogenated alkanes) is 4. The van der Waals surface area contributed by atoms with Crippen LogP contribution in [0.4, 0.5) is 0 Å². The summed E-state index contributed by atoms with van der Waals surface area (Å²) in [4.78, 5) is 8.97. The van der Waals surface area contributed by atoms with Crippen molar-refractivity contribution in [1.82, 2.24) is 9.97 Å². The molecule has 0 saturated heterocycles. The van der Waals surface area contributed by atoms with Gasteiger partial charge in [0.15, 0.2) is 0 Å². The van der Waals surface area contributed by atoms with Crippen LogP contribution in [0.2, 0.25) is 0 Å². The number of nitrogens with zero attached hydrogens (tertiary/aromatic N) is 2. The zero-order valence-electron chi connectivity index (χ0n) is 18.4. The molecule has 0 aliphatic carbocycles. The van der Waals surface area contributed by atoms with E-state index in [0.29, 0.717) is 12.5 Å². The van der Waals surface area contributed by atoms with Gasteiger partial charge in [0.2, 0.25) is 5.88 Å². The summed E-state index contributed by atoms with van der Waals surface area (Å²) in [5, 5.41) is 0. The van der Waals surface area contributed by atoms with Gasteiger partial charge in [-0.05, 0) is 42.4 Å². The third-order valence-corrected chi connectivity index (χ3v) is 5.43. The minimum atomic E-state index is 0.509. The molecule has 0 atom stereocenters. The molecule has 0 fully saturated rings. The first-order chi connectivity index (χ1) is 14.8. The molecule has 3 aromatic rings. The molecule has 158 valence electrons. The fourth-order valence-electron chi connectivity index (χ4n) is 3.48. The van der Waals surface area contributed by atoms with Crippen LogP contribution in [0.1, 0.15) is 69.1 Å². The van der Waals surface area contributed by atoms with Gasteiger partial charge in [-0.25, -0.2) is 9.97 Å². The van der Waals surface area contributed by atoms with E-state index in [-0.39, 0.29) is 0 Å². The van der Waals surface area contributed by atoms with Crippen LogP contribution in [0.25, 0.3) is 11.3 Å². The van der Waals surface area contributed by atoms with Crippen molar-refractivity contribution in [3.8, 4) is 17.1 Å². The van der Waals surface area contributed by atoms with Crippen LogP contribution in [-0.2, 0) is 19.4 Å². The molecule has 0 amide bonds. The average Bonchev–Trinajstić information content (AvgIpc) is 2.81. The molecule has 0 aliphatic rings. The van der Waals surface area contributed by atoms with E-state index in [0.717, 1.165) is 29.7 Å². The minimum Gasteiger partial charge on any atom is -0.472 e. The quantitative estimate of drug-likeness (QED) is 0.301. The van der Waals surface area contributed by atoms with Crippen LogP contribution in [0.15, 0.2) is 60.9 Å². The van der Waals surface area contributed by atoms with Gasteiger partial charge < -0.3 is 4.74 Å². The van der Waals surface area contributed by atoms with E-state index in [1.807, 2.05) is 0 Å². The Labute approximate surface area is 181 Å². The maximum atomic E-state index is 5.81. The SMILES string of the molecule is CCCCCCc1ccc(-c2cnc(OCc3ccc(CCCC)cc3)cn2)cc1. The topological polar surface area (TPSA) is 35.0 Å². The van der Waals surface area contributed by atoms with Crippen molar-refractivity contribution in [3.63, 3.8) is 0 Å². The van der Waals surface area contributed by atoms with Crippen molar-refractivity contribution in [3.05, 3.63) is 77.6 Å². The number of benzene rings is 2. The Bertz CT molecular complexity index is 855. The molecular weight excluding hydrogens is 368 g/mol. The summed E-state index contributed by atoms with van der Waals surface area (Å²) in [5.41, 5.74) is 5.89. The van der Waals surface area contributed by atoms with Crippen molar-refractivity contribution in [2.24, 2.45) is 0 Å². The van der Waals surface area contributed by atoms with Crippen molar-refractivity contribution >= 4 is 0 Å². The Morgan fingerprint density at radius 3 is 1.90 bits per heavy atom. The summed E-state index contributed by atoms with van der Waals surface area (Å²) < 4.78 is 5.81. The lowest BCUT2D eigenvalue weighted by atomic mass is 10.0.